The summed E-state index contributed by atoms with van der Waals surface area (Å²) in [6, 6.07) is 0. The van der Waals surface area contributed by atoms with Crippen LogP contribution in [0.5, 0.6) is 0 Å². The average Bonchev–Trinajstić information content (AvgIpc) is 2.31. The average molecular weight is 205 g/mol. The van der Waals surface area contributed by atoms with Crippen LogP contribution in [0.3, 0.4) is 0 Å². The second-order valence-corrected chi connectivity index (χ2v) is 6.07. The van der Waals surface area contributed by atoms with Crippen molar-refractivity contribution in [2.75, 3.05) is 18.8 Å². The highest BCUT2D eigenvalue weighted by atomic mass is 32.2. The minimum atomic E-state index is -2.80. The van der Waals surface area contributed by atoms with Crippen molar-refractivity contribution in [2.24, 2.45) is 0 Å². The summed E-state index contributed by atoms with van der Waals surface area (Å²) in [7, 11) is -2.80. The van der Waals surface area contributed by atoms with Gasteiger partial charge in [-0.05, 0) is 38.8 Å². The first-order chi connectivity index (χ1) is 6.17. The molecule has 0 aromatic heterocycles. The largest absolute Gasteiger partial charge is 0.317 e. The first kappa shape index (κ1) is 11.0. The van der Waals surface area contributed by atoms with Crippen LogP contribution >= 0.6 is 0 Å². The zero-order chi connectivity index (χ0) is 9.73. The summed E-state index contributed by atoms with van der Waals surface area (Å²) in [5, 5.41) is 3.15. The van der Waals surface area contributed by atoms with Crippen LogP contribution in [0.4, 0.5) is 0 Å². The molecule has 1 aliphatic rings. The fourth-order valence-electron chi connectivity index (χ4n) is 1.80. The molecule has 1 saturated heterocycles. The molecule has 4 heteroatoms. The Balaban J connectivity index is 2.57. The van der Waals surface area contributed by atoms with E-state index in [0.717, 1.165) is 38.8 Å². The van der Waals surface area contributed by atoms with Crippen molar-refractivity contribution >= 4 is 9.84 Å². The fourth-order valence-corrected chi connectivity index (χ4v) is 3.70. The smallest absolute Gasteiger partial charge is 0.153 e. The van der Waals surface area contributed by atoms with Gasteiger partial charge in [0.05, 0.1) is 11.0 Å². The van der Waals surface area contributed by atoms with Gasteiger partial charge in [0.1, 0.15) is 0 Å². The van der Waals surface area contributed by atoms with Crippen LogP contribution in [-0.2, 0) is 9.84 Å². The lowest BCUT2D eigenvalue weighted by molar-refractivity contribution is 0.565. The fraction of sp³-hybridized carbons (Fsp3) is 1.00. The van der Waals surface area contributed by atoms with Crippen molar-refractivity contribution in [3.05, 3.63) is 0 Å². The van der Waals surface area contributed by atoms with Gasteiger partial charge in [-0.25, -0.2) is 8.42 Å². The predicted octanol–water partition coefficient (Wildman–Crippen LogP) is 0.953. The van der Waals surface area contributed by atoms with Crippen LogP contribution in [-0.4, -0.2) is 32.5 Å². The third-order valence-electron chi connectivity index (χ3n) is 2.52. The van der Waals surface area contributed by atoms with Gasteiger partial charge in [-0.3, -0.25) is 0 Å². The number of sulfone groups is 1. The van der Waals surface area contributed by atoms with E-state index in [4.69, 9.17) is 0 Å². The summed E-state index contributed by atoms with van der Waals surface area (Å²) in [4.78, 5) is 0. The highest BCUT2D eigenvalue weighted by molar-refractivity contribution is 7.92. The molecule has 0 aromatic rings. The maximum Gasteiger partial charge on any atom is 0.153 e. The van der Waals surface area contributed by atoms with Gasteiger partial charge in [0.2, 0.25) is 0 Å². The Bertz CT molecular complexity index is 228. The van der Waals surface area contributed by atoms with E-state index in [2.05, 4.69) is 5.32 Å². The molecular formula is C9H19NO2S. The molecule has 0 spiro atoms. The Morgan fingerprint density at radius 1 is 1.31 bits per heavy atom. The molecule has 1 fully saturated rings. The molecule has 0 aliphatic carbocycles. The van der Waals surface area contributed by atoms with Crippen molar-refractivity contribution < 1.29 is 8.42 Å². The lowest BCUT2D eigenvalue weighted by Crippen LogP contribution is -2.25. The van der Waals surface area contributed by atoms with Gasteiger partial charge in [0, 0.05) is 0 Å². The summed E-state index contributed by atoms with van der Waals surface area (Å²) in [5.41, 5.74) is 0. The lowest BCUT2D eigenvalue weighted by atomic mass is 10.2. The summed E-state index contributed by atoms with van der Waals surface area (Å²) >= 11 is 0. The normalized spacial score (nSPS) is 25.5. The second kappa shape index (κ2) is 4.96. The van der Waals surface area contributed by atoms with Crippen LogP contribution < -0.4 is 5.32 Å². The van der Waals surface area contributed by atoms with Crippen molar-refractivity contribution in [1.29, 1.82) is 0 Å². The van der Waals surface area contributed by atoms with Gasteiger partial charge < -0.3 is 5.32 Å². The summed E-state index contributed by atoms with van der Waals surface area (Å²) in [6.07, 6.45) is 3.37. The molecule has 0 bridgehead atoms. The molecule has 3 nitrogen and oxygen atoms in total. The van der Waals surface area contributed by atoms with Gasteiger partial charge in [-0.1, -0.05) is 6.92 Å². The number of hydrogen-bond donors (Lipinski definition) is 1. The van der Waals surface area contributed by atoms with E-state index in [1.54, 1.807) is 0 Å². The molecule has 1 rings (SSSR count). The molecule has 1 aliphatic heterocycles. The van der Waals surface area contributed by atoms with Crippen LogP contribution in [0.1, 0.15) is 32.6 Å². The second-order valence-electron chi connectivity index (χ2n) is 3.67. The van der Waals surface area contributed by atoms with Gasteiger partial charge >= 0.3 is 0 Å². The van der Waals surface area contributed by atoms with Gasteiger partial charge in [-0.15, -0.1) is 0 Å². The first-order valence-corrected chi connectivity index (χ1v) is 6.80. The van der Waals surface area contributed by atoms with Crippen molar-refractivity contribution in [1.82, 2.24) is 5.32 Å². The standard InChI is InChI=1S/C9H19NO2S/c1-2-8-13(11,12)9-4-3-6-10-7-5-9/h9-10H,2-8H2,1H3. The molecule has 1 N–H and O–H groups in total. The Morgan fingerprint density at radius 3 is 2.77 bits per heavy atom. The molecule has 0 amide bonds. The predicted molar refractivity (Wildman–Crippen MR) is 54.6 cm³/mol. The molecule has 0 radical (unpaired) electrons. The zero-order valence-electron chi connectivity index (χ0n) is 8.25. The molecule has 1 heterocycles. The number of rotatable bonds is 3. The topological polar surface area (TPSA) is 46.2 Å². The number of nitrogens with one attached hydrogen (secondary N) is 1. The molecule has 0 aromatic carbocycles. The maximum absolute atomic E-state index is 11.7. The van der Waals surface area contributed by atoms with E-state index in [1.807, 2.05) is 6.92 Å². The van der Waals surface area contributed by atoms with Crippen LogP contribution in [0.15, 0.2) is 0 Å². The Labute approximate surface area is 80.8 Å². The third-order valence-corrected chi connectivity index (χ3v) is 4.98. The SMILES string of the molecule is CCCS(=O)(=O)C1CCCNCC1. The lowest BCUT2D eigenvalue weighted by Gasteiger charge is -2.13. The molecule has 78 valence electrons. The van der Waals surface area contributed by atoms with E-state index in [-0.39, 0.29) is 5.25 Å². The van der Waals surface area contributed by atoms with Crippen LogP contribution in [0, 0.1) is 0 Å². The van der Waals surface area contributed by atoms with Crippen LogP contribution in [0.2, 0.25) is 0 Å². The van der Waals surface area contributed by atoms with Crippen molar-refractivity contribution in [2.45, 2.75) is 37.9 Å². The molecule has 1 atom stereocenters. The first-order valence-electron chi connectivity index (χ1n) is 5.09. The number of hydrogen-bond acceptors (Lipinski definition) is 3. The van der Waals surface area contributed by atoms with Crippen molar-refractivity contribution in [3.8, 4) is 0 Å². The summed E-state index contributed by atoms with van der Waals surface area (Å²) < 4.78 is 23.4. The Hall–Kier alpha value is -0.0900. The van der Waals surface area contributed by atoms with Gasteiger partial charge in [-0.2, -0.15) is 0 Å². The van der Waals surface area contributed by atoms with E-state index >= 15 is 0 Å². The van der Waals surface area contributed by atoms with Gasteiger partial charge in [0.15, 0.2) is 9.84 Å². The monoisotopic (exact) mass is 205 g/mol. The summed E-state index contributed by atoms with van der Waals surface area (Å²) in [6.45, 7) is 3.75. The van der Waals surface area contributed by atoms with Crippen molar-refractivity contribution in [3.63, 3.8) is 0 Å². The molecule has 13 heavy (non-hydrogen) atoms. The summed E-state index contributed by atoms with van der Waals surface area (Å²) in [5.74, 6) is 0.359. The Kier molecular flexibility index (Phi) is 4.19. The van der Waals surface area contributed by atoms with Crippen LogP contribution in [0.25, 0.3) is 0 Å². The van der Waals surface area contributed by atoms with E-state index in [0.29, 0.717) is 5.75 Å². The van der Waals surface area contributed by atoms with E-state index < -0.39 is 9.84 Å². The highest BCUT2D eigenvalue weighted by Gasteiger charge is 2.24. The zero-order valence-corrected chi connectivity index (χ0v) is 9.07. The minimum Gasteiger partial charge on any atom is -0.317 e. The molecular weight excluding hydrogens is 186 g/mol. The van der Waals surface area contributed by atoms with E-state index in [1.165, 1.54) is 0 Å². The third kappa shape index (κ3) is 3.27. The quantitative estimate of drug-likeness (QED) is 0.746. The Morgan fingerprint density at radius 2 is 2.08 bits per heavy atom. The van der Waals surface area contributed by atoms with E-state index in [9.17, 15) is 8.42 Å². The molecule has 0 saturated carbocycles. The highest BCUT2D eigenvalue weighted by Crippen LogP contribution is 2.16. The maximum atomic E-state index is 11.7. The molecule has 1 unspecified atom stereocenters. The minimum absolute atomic E-state index is 0.0811. The van der Waals surface area contributed by atoms with Gasteiger partial charge in [0.25, 0.3) is 0 Å².